The molecule has 0 saturated heterocycles. The summed E-state index contributed by atoms with van der Waals surface area (Å²) in [6.45, 7) is -0.700. The molecule has 1 aromatic heterocycles. The van der Waals surface area contributed by atoms with E-state index in [4.69, 9.17) is 15.2 Å². The Hall–Kier alpha value is -3.36. The molecule has 1 heterocycles. The quantitative estimate of drug-likeness (QED) is 0.582. The maximum atomic E-state index is 12.3. The van der Waals surface area contributed by atoms with Gasteiger partial charge in [-0.15, -0.1) is 0 Å². The number of hydrogen-bond donors (Lipinski definition) is 1. The first-order valence-electron chi connectivity index (χ1n) is 7.18. The maximum Gasteiger partial charge on any atom is 0.342 e. The van der Waals surface area contributed by atoms with Crippen LogP contribution in [0.5, 0.6) is 5.75 Å². The van der Waals surface area contributed by atoms with Crippen LogP contribution in [-0.2, 0) is 18.8 Å². The number of hydrogen-bond acceptors (Lipinski definition) is 7. The summed E-state index contributed by atoms with van der Waals surface area (Å²) >= 11 is 0. The minimum absolute atomic E-state index is 0.138. The number of ketones is 1. The third-order valence-electron chi connectivity index (χ3n) is 3.65. The third-order valence-corrected chi connectivity index (χ3v) is 3.65. The van der Waals surface area contributed by atoms with E-state index in [-0.39, 0.29) is 17.1 Å². The molecule has 2 rings (SSSR count). The SMILES string of the molecule is COc1ccccc1C(=O)OCC(=O)c1c(N)n(C)c(=O)n(C)c1=O. The highest BCUT2D eigenvalue weighted by Crippen LogP contribution is 2.18. The van der Waals surface area contributed by atoms with E-state index < -0.39 is 35.2 Å². The van der Waals surface area contributed by atoms with Crippen LogP contribution in [0.2, 0.25) is 0 Å². The van der Waals surface area contributed by atoms with Gasteiger partial charge in [-0.2, -0.15) is 0 Å². The molecule has 0 radical (unpaired) electrons. The van der Waals surface area contributed by atoms with E-state index in [1.165, 1.54) is 27.3 Å². The van der Waals surface area contributed by atoms with Gasteiger partial charge in [0.1, 0.15) is 22.7 Å². The Morgan fingerprint density at radius 3 is 2.40 bits per heavy atom. The topological polar surface area (TPSA) is 123 Å². The highest BCUT2D eigenvalue weighted by atomic mass is 16.5. The fourth-order valence-corrected chi connectivity index (χ4v) is 2.22. The Morgan fingerprint density at radius 1 is 1.12 bits per heavy atom. The molecule has 0 atom stereocenters. The number of benzene rings is 1. The molecule has 9 nitrogen and oxygen atoms in total. The second-order valence-electron chi connectivity index (χ2n) is 5.17. The van der Waals surface area contributed by atoms with Gasteiger partial charge in [-0.1, -0.05) is 12.1 Å². The molecule has 25 heavy (non-hydrogen) atoms. The fraction of sp³-hybridized carbons (Fsp3) is 0.250. The van der Waals surface area contributed by atoms with Crippen LogP contribution in [0.1, 0.15) is 20.7 Å². The molecule has 0 bridgehead atoms. The number of nitrogen functional groups attached to an aromatic ring is 1. The van der Waals surface area contributed by atoms with E-state index in [0.29, 0.717) is 0 Å². The highest BCUT2D eigenvalue weighted by Gasteiger charge is 2.22. The summed E-state index contributed by atoms with van der Waals surface area (Å²) in [5.74, 6) is -1.59. The van der Waals surface area contributed by atoms with Gasteiger partial charge in [0.05, 0.1) is 7.11 Å². The van der Waals surface area contributed by atoms with E-state index in [1.807, 2.05) is 0 Å². The van der Waals surface area contributed by atoms with Crippen LogP contribution < -0.4 is 21.7 Å². The lowest BCUT2D eigenvalue weighted by Gasteiger charge is -2.11. The number of rotatable bonds is 5. The van der Waals surface area contributed by atoms with Crippen molar-refractivity contribution >= 4 is 17.6 Å². The summed E-state index contributed by atoms with van der Waals surface area (Å²) in [6, 6.07) is 6.33. The molecule has 0 aliphatic rings. The number of methoxy groups -OCH3 is 1. The molecule has 0 unspecified atom stereocenters. The highest BCUT2D eigenvalue weighted by molar-refractivity contribution is 6.02. The zero-order chi connectivity index (χ0) is 18.7. The molecular formula is C16H17N3O6. The molecule has 132 valence electrons. The smallest absolute Gasteiger partial charge is 0.342 e. The lowest BCUT2D eigenvalue weighted by atomic mass is 10.2. The first kappa shape index (κ1) is 18.0. The lowest BCUT2D eigenvalue weighted by Crippen LogP contribution is -2.42. The summed E-state index contributed by atoms with van der Waals surface area (Å²) in [6.07, 6.45) is 0. The number of nitrogens with two attached hydrogens (primary N) is 1. The van der Waals surface area contributed by atoms with Gasteiger partial charge in [-0.3, -0.25) is 18.7 Å². The Labute approximate surface area is 142 Å². The summed E-state index contributed by atoms with van der Waals surface area (Å²) in [4.78, 5) is 48.2. The van der Waals surface area contributed by atoms with Crippen molar-refractivity contribution in [3.05, 3.63) is 56.2 Å². The molecule has 0 amide bonds. The number of carbonyl (C=O) groups excluding carboxylic acids is 2. The van der Waals surface area contributed by atoms with Crippen LogP contribution in [0.15, 0.2) is 33.9 Å². The summed E-state index contributed by atoms with van der Waals surface area (Å²) in [7, 11) is 3.95. The predicted octanol–water partition coefficient (Wildman–Crippen LogP) is -0.285. The number of esters is 1. The van der Waals surface area contributed by atoms with Gasteiger partial charge >= 0.3 is 11.7 Å². The third kappa shape index (κ3) is 3.30. The van der Waals surface area contributed by atoms with Crippen molar-refractivity contribution in [1.29, 1.82) is 0 Å². The van der Waals surface area contributed by atoms with Crippen molar-refractivity contribution in [3.63, 3.8) is 0 Å². The first-order valence-corrected chi connectivity index (χ1v) is 7.18. The van der Waals surface area contributed by atoms with Crippen molar-refractivity contribution in [2.45, 2.75) is 0 Å². The van der Waals surface area contributed by atoms with Crippen molar-refractivity contribution < 1.29 is 19.1 Å². The van der Waals surface area contributed by atoms with Gasteiger partial charge in [0.2, 0.25) is 5.78 Å². The molecule has 0 aliphatic heterocycles. The van der Waals surface area contributed by atoms with E-state index in [9.17, 15) is 19.2 Å². The van der Waals surface area contributed by atoms with Crippen LogP contribution in [0.25, 0.3) is 0 Å². The van der Waals surface area contributed by atoms with E-state index in [0.717, 1.165) is 9.13 Å². The summed E-state index contributed by atoms with van der Waals surface area (Å²) in [5.41, 5.74) is 3.91. The predicted molar refractivity (Wildman–Crippen MR) is 88.9 cm³/mol. The van der Waals surface area contributed by atoms with Crippen LogP contribution in [0.4, 0.5) is 5.82 Å². The van der Waals surface area contributed by atoms with Gasteiger partial charge in [0.15, 0.2) is 6.61 Å². The molecule has 9 heteroatoms. The number of aromatic nitrogens is 2. The van der Waals surface area contributed by atoms with Crippen LogP contribution in [-0.4, -0.2) is 34.6 Å². The van der Waals surface area contributed by atoms with Crippen molar-refractivity contribution in [2.24, 2.45) is 14.1 Å². The van der Waals surface area contributed by atoms with Crippen molar-refractivity contribution in [3.8, 4) is 5.75 Å². The summed E-state index contributed by atoms with van der Waals surface area (Å²) in [5, 5.41) is 0. The van der Waals surface area contributed by atoms with E-state index >= 15 is 0 Å². The maximum absolute atomic E-state index is 12.3. The average Bonchev–Trinajstić information content (AvgIpc) is 2.62. The Bertz CT molecular complexity index is 957. The van der Waals surface area contributed by atoms with Crippen LogP contribution >= 0.6 is 0 Å². The zero-order valence-corrected chi connectivity index (χ0v) is 13.9. The Kier molecular flexibility index (Phi) is 5.06. The number of carbonyl (C=O) groups is 2. The standard InChI is InChI=1S/C16H17N3O6/c1-18-13(17)12(14(21)19(2)16(18)23)10(20)8-25-15(22)9-6-4-5-7-11(9)24-3/h4-7H,8,17H2,1-3H3. The largest absolute Gasteiger partial charge is 0.496 e. The number of anilines is 1. The molecule has 2 aromatic rings. The van der Waals surface area contributed by atoms with Crippen molar-refractivity contribution in [2.75, 3.05) is 19.5 Å². The molecule has 0 aliphatic carbocycles. The Balaban J connectivity index is 2.26. The second-order valence-corrected chi connectivity index (χ2v) is 5.17. The van der Waals surface area contributed by atoms with Gasteiger partial charge in [-0.25, -0.2) is 9.59 Å². The monoisotopic (exact) mass is 347 g/mol. The molecule has 2 N–H and O–H groups in total. The van der Waals surface area contributed by atoms with Gasteiger partial charge < -0.3 is 15.2 Å². The normalized spacial score (nSPS) is 10.4. The number of Topliss-reactive ketones (excluding diaryl/α,β-unsaturated/α-hetero) is 1. The van der Waals surface area contributed by atoms with Gasteiger partial charge in [0.25, 0.3) is 5.56 Å². The number of ether oxygens (including phenoxy) is 2. The van der Waals surface area contributed by atoms with Crippen molar-refractivity contribution in [1.82, 2.24) is 9.13 Å². The van der Waals surface area contributed by atoms with Crippen LogP contribution in [0.3, 0.4) is 0 Å². The van der Waals surface area contributed by atoms with Gasteiger partial charge in [-0.05, 0) is 12.1 Å². The summed E-state index contributed by atoms with van der Waals surface area (Å²) < 4.78 is 11.7. The molecule has 0 fully saturated rings. The lowest BCUT2D eigenvalue weighted by molar-refractivity contribution is 0.0471. The minimum atomic E-state index is -0.848. The molecule has 0 saturated carbocycles. The fourth-order valence-electron chi connectivity index (χ4n) is 2.22. The molecule has 1 aromatic carbocycles. The Morgan fingerprint density at radius 2 is 1.76 bits per heavy atom. The molecular weight excluding hydrogens is 330 g/mol. The first-order chi connectivity index (χ1) is 11.8. The molecule has 0 spiro atoms. The average molecular weight is 347 g/mol. The number of nitrogens with zero attached hydrogens (tertiary/aromatic N) is 2. The number of para-hydroxylation sites is 1. The second kappa shape index (κ2) is 7.04. The zero-order valence-electron chi connectivity index (χ0n) is 13.9. The van der Waals surface area contributed by atoms with Gasteiger partial charge in [0, 0.05) is 14.1 Å². The van der Waals surface area contributed by atoms with E-state index in [1.54, 1.807) is 18.2 Å². The van der Waals surface area contributed by atoms with Crippen LogP contribution in [0, 0.1) is 0 Å². The van der Waals surface area contributed by atoms with E-state index in [2.05, 4.69) is 0 Å². The minimum Gasteiger partial charge on any atom is -0.496 e.